The molecule has 26 heavy (non-hydrogen) atoms. The van der Waals surface area contributed by atoms with Crippen molar-refractivity contribution in [2.75, 3.05) is 0 Å². The van der Waals surface area contributed by atoms with E-state index in [9.17, 15) is 0 Å². The molecule has 1 aromatic heterocycles. The van der Waals surface area contributed by atoms with Gasteiger partial charge < -0.3 is 0 Å². The van der Waals surface area contributed by atoms with Crippen molar-refractivity contribution in [1.29, 1.82) is 0 Å². The quantitative estimate of drug-likeness (QED) is 0.280. The molecule has 3 heteroatoms. The Bertz CT molecular complexity index is 1250. The molecule has 0 aliphatic rings. The van der Waals surface area contributed by atoms with Crippen molar-refractivity contribution in [3.8, 4) is 11.1 Å². The van der Waals surface area contributed by atoms with Crippen LogP contribution in [0.5, 0.6) is 0 Å². The Morgan fingerprint density at radius 2 is 1.27 bits per heavy atom. The predicted octanol–water partition coefficient (Wildman–Crippen LogP) is 7.28. The summed E-state index contributed by atoms with van der Waals surface area (Å²) in [6.07, 6.45) is 0. The molecule has 0 aliphatic heterocycles. The first-order chi connectivity index (χ1) is 12.3. The van der Waals surface area contributed by atoms with Crippen LogP contribution in [0.1, 0.15) is 0 Å². The molecule has 0 saturated carbocycles. The predicted molar refractivity (Wildman–Crippen MR) is 114 cm³/mol. The average molecular weight is 376 g/mol. The molecule has 0 saturated heterocycles. The summed E-state index contributed by atoms with van der Waals surface area (Å²) in [4.78, 5) is 4.89. The summed E-state index contributed by atoms with van der Waals surface area (Å²) in [6.45, 7) is 0. The maximum Gasteiger partial charge on any atom is 0.0730 e. The largest absolute Gasteiger partial charge is 0.248 e. The van der Waals surface area contributed by atoms with Gasteiger partial charge in [-0.3, -0.25) is 0 Å². The van der Waals surface area contributed by atoms with E-state index in [4.69, 9.17) is 16.6 Å². The summed E-state index contributed by atoms with van der Waals surface area (Å²) < 4.78 is 0. The van der Waals surface area contributed by atoms with Crippen LogP contribution in [0.3, 0.4) is 0 Å². The average Bonchev–Trinajstić information content (AvgIpc) is 2.65. The molecule has 5 aromatic rings. The van der Waals surface area contributed by atoms with Crippen LogP contribution in [-0.4, -0.2) is 4.98 Å². The van der Waals surface area contributed by atoms with Gasteiger partial charge in [0.05, 0.1) is 11.0 Å². The second-order valence-electron chi connectivity index (χ2n) is 6.23. The van der Waals surface area contributed by atoms with Gasteiger partial charge >= 0.3 is 0 Å². The van der Waals surface area contributed by atoms with E-state index in [0.717, 1.165) is 16.4 Å². The molecule has 1 nitrogen and oxygen atoms in total. The zero-order valence-electron chi connectivity index (χ0n) is 13.8. The summed E-state index contributed by atoms with van der Waals surface area (Å²) in [5, 5.41) is 5.42. The normalized spacial score (nSPS) is 11.0. The van der Waals surface area contributed by atoms with Crippen LogP contribution >= 0.6 is 24.0 Å². The van der Waals surface area contributed by atoms with Crippen molar-refractivity contribution in [1.82, 2.24) is 4.98 Å². The number of halogens is 2. The van der Waals surface area contributed by atoms with Crippen LogP contribution in [0.2, 0.25) is 5.02 Å². The topological polar surface area (TPSA) is 12.9 Å². The van der Waals surface area contributed by atoms with Gasteiger partial charge in [0, 0.05) is 21.4 Å². The minimum Gasteiger partial charge on any atom is -0.248 e. The maximum absolute atomic E-state index is 6.22. The first-order valence-corrected chi connectivity index (χ1v) is 8.64. The third-order valence-corrected chi connectivity index (χ3v) is 4.90. The Morgan fingerprint density at radius 3 is 2.04 bits per heavy atom. The molecule has 0 N–H and O–H groups in total. The highest BCUT2D eigenvalue weighted by molar-refractivity contribution is 6.31. The van der Waals surface area contributed by atoms with Gasteiger partial charge in [-0.1, -0.05) is 72.3 Å². The van der Waals surface area contributed by atoms with Crippen molar-refractivity contribution in [2.45, 2.75) is 0 Å². The number of hydrogen-bond acceptors (Lipinski definition) is 1. The van der Waals surface area contributed by atoms with Crippen molar-refractivity contribution < 1.29 is 0 Å². The SMILES string of the molecule is Cl.Clc1ccc2c(-c3ccccc3)c3cc4ccccc4cc3nc2c1. The number of hydrogen-bond donors (Lipinski definition) is 0. The smallest absolute Gasteiger partial charge is 0.0730 e. The third kappa shape index (κ3) is 2.70. The van der Waals surface area contributed by atoms with E-state index < -0.39 is 0 Å². The summed E-state index contributed by atoms with van der Waals surface area (Å²) in [5.74, 6) is 0. The standard InChI is InChI=1S/C23H14ClN.ClH/c24-18-10-11-19-22(14-18)25-21-13-17-9-5-4-8-16(17)12-20(21)23(19)15-6-2-1-3-7-15;/h1-14H;1H. The van der Waals surface area contributed by atoms with Gasteiger partial charge in [0.2, 0.25) is 0 Å². The summed E-state index contributed by atoms with van der Waals surface area (Å²) in [6, 6.07) is 29.3. The fourth-order valence-corrected chi connectivity index (χ4v) is 3.69. The van der Waals surface area contributed by atoms with E-state index in [2.05, 4.69) is 66.7 Å². The lowest BCUT2D eigenvalue weighted by molar-refractivity contribution is 1.50. The lowest BCUT2D eigenvalue weighted by Crippen LogP contribution is -1.90. The zero-order valence-corrected chi connectivity index (χ0v) is 15.4. The molecule has 0 fully saturated rings. The minimum absolute atomic E-state index is 0. The van der Waals surface area contributed by atoms with Gasteiger partial charge in [0.15, 0.2) is 0 Å². The number of rotatable bonds is 1. The highest BCUT2D eigenvalue weighted by atomic mass is 35.5. The minimum atomic E-state index is 0. The molecule has 0 atom stereocenters. The first kappa shape index (κ1) is 16.8. The monoisotopic (exact) mass is 375 g/mol. The Balaban J connectivity index is 0.00000168. The van der Waals surface area contributed by atoms with Gasteiger partial charge in [-0.25, -0.2) is 4.98 Å². The van der Waals surface area contributed by atoms with Gasteiger partial charge in [0.1, 0.15) is 0 Å². The molecule has 4 aromatic carbocycles. The number of benzene rings is 4. The number of aromatic nitrogens is 1. The molecule has 0 bridgehead atoms. The lowest BCUT2D eigenvalue weighted by atomic mass is 9.94. The van der Waals surface area contributed by atoms with Crippen molar-refractivity contribution in [3.05, 3.63) is 90.0 Å². The zero-order chi connectivity index (χ0) is 16.8. The van der Waals surface area contributed by atoms with Gasteiger partial charge in [-0.05, 0) is 40.6 Å². The Kier molecular flexibility index (Phi) is 4.28. The van der Waals surface area contributed by atoms with Crippen molar-refractivity contribution in [2.24, 2.45) is 0 Å². The first-order valence-electron chi connectivity index (χ1n) is 8.27. The van der Waals surface area contributed by atoms with Gasteiger partial charge in [0.25, 0.3) is 0 Å². The molecule has 0 unspecified atom stereocenters. The molecule has 0 radical (unpaired) electrons. The molecule has 0 amide bonds. The van der Waals surface area contributed by atoms with E-state index in [1.54, 1.807) is 0 Å². The van der Waals surface area contributed by atoms with Gasteiger partial charge in [-0.15, -0.1) is 12.4 Å². The summed E-state index contributed by atoms with van der Waals surface area (Å²) in [5.41, 5.74) is 4.32. The maximum atomic E-state index is 6.22. The number of fused-ring (bicyclic) bond motifs is 3. The molecule has 126 valence electrons. The van der Waals surface area contributed by atoms with E-state index in [1.807, 2.05) is 18.2 Å². The second kappa shape index (κ2) is 6.60. The highest BCUT2D eigenvalue weighted by Gasteiger charge is 2.12. The molecular weight excluding hydrogens is 361 g/mol. The van der Waals surface area contributed by atoms with Crippen molar-refractivity contribution in [3.63, 3.8) is 0 Å². The number of nitrogens with zero attached hydrogens (tertiary/aromatic N) is 1. The molecule has 0 spiro atoms. The second-order valence-corrected chi connectivity index (χ2v) is 6.67. The summed E-state index contributed by atoms with van der Waals surface area (Å²) in [7, 11) is 0. The van der Waals surface area contributed by atoms with Crippen molar-refractivity contribution >= 4 is 56.6 Å². The van der Waals surface area contributed by atoms with E-state index in [1.165, 1.54) is 27.3 Å². The van der Waals surface area contributed by atoms with Gasteiger partial charge in [-0.2, -0.15) is 0 Å². The Hall–Kier alpha value is -2.61. The third-order valence-electron chi connectivity index (χ3n) is 4.67. The summed E-state index contributed by atoms with van der Waals surface area (Å²) >= 11 is 6.22. The molecule has 1 heterocycles. The fourth-order valence-electron chi connectivity index (χ4n) is 3.52. The molecule has 0 aliphatic carbocycles. The lowest BCUT2D eigenvalue weighted by Gasteiger charge is -2.12. The van der Waals surface area contributed by atoms with Crippen LogP contribution in [0.25, 0.3) is 43.7 Å². The van der Waals surface area contributed by atoms with Crippen LogP contribution in [0.4, 0.5) is 0 Å². The molecular formula is C23H15Cl2N. The van der Waals surface area contributed by atoms with E-state index in [-0.39, 0.29) is 12.4 Å². The van der Waals surface area contributed by atoms with Crippen LogP contribution in [0, 0.1) is 0 Å². The fraction of sp³-hybridized carbons (Fsp3) is 0. The van der Waals surface area contributed by atoms with E-state index in [0.29, 0.717) is 5.02 Å². The van der Waals surface area contributed by atoms with Crippen LogP contribution in [0.15, 0.2) is 84.9 Å². The van der Waals surface area contributed by atoms with E-state index >= 15 is 0 Å². The number of pyridine rings is 1. The Labute approximate surface area is 162 Å². The Morgan fingerprint density at radius 1 is 0.615 bits per heavy atom. The highest BCUT2D eigenvalue weighted by Crippen LogP contribution is 2.37. The molecule has 5 rings (SSSR count). The van der Waals surface area contributed by atoms with Crippen LogP contribution in [-0.2, 0) is 0 Å². The van der Waals surface area contributed by atoms with Crippen LogP contribution < -0.4 is 0 Å².